The Kier molecular flexibility index (Phi) is 3.56. The molecule has 2 nitrogen and oxygen atoms in total. The smallest absolute Gasteiger partial charge is 0.115 e. The molecule has 2 N–H and O–H groups in total. The highest BCUT2D eigenvalue weighted by atomic mass is 19.1. The third-order valence-corrected chi connectivity index (χ3v) is 3.46. The Morgan fingerprint density at radius 2 is 2.31 bits per heavy atom. The zero-order chi connectivity index (χ0) is 11.5. The molecule has 0 aliphatic carbocycles. The van der Waals surface area contributed by atoms with Gasteiger partial charge in [0.05, 0.1) is 0 Å². The van der Waals surface area contributed by atoms with E-state index in [0.717, 1.165) is 25.1 Å². The lowest BCUT2D eigenvalue weighted by atomic mass is 9.98. The molecule has 2 unspecified atom stereocenters. The fourth-order valence-electron chi connectivity index (χ4n) is 2.55. The Balaban J connectivity index is 2.17. The quantitative estimate of drug-likeness (QED) is 0.848. The molecule has 1 aliphatic rings. The van der Waals surface area contributed by atoms with Crippen LogP contribution in [0.2, 0.25) is 0 Å². The van der Waals surface area contributed by atoms with Crippen molar-refractivity contribution in [3.63, 3.8) is 0 Å². The van der Waals surface area contributed by atoms with Gasteiger partial charge in [0.25, 0.3) is 0 Å². The zero-order valence-corrected chi connectivity index (χ0v) is 9.70. The van der Waals surface area contributed by atoms with Crippen LogP contribution < -0.4 is 5.73 Å². The molecule has 1 aromatic rings. The second-order valence-electron chi connectivity index (χ2n) is 4.67. The van der Waals surface area contributed by atoms with Crippen LogP contribution in [0.3, 0.4) is 0 Å². The molecule has 0 aromatic heterocycles. The molecule has 1 saturated heterocycles. The average molecular weight is 222 g/mol. The van der Waals surface area contributed by atoms with Crippen molar-refractivity contribution in [3.8, 4) is 0 Å². The first kappa shape index (κ1) is 11.6. The summed E-state index contributed by atoms with van der Waals surface area (Å²) in [4.78, 5) is 2.31. The molecule has 16 heavy (non-hydrogen) atoms. The maximum atomic E-state index is 12.6. The van der Waals surface area contributed by atoms with E-state index in [1.807, 2.05) is 18.2 Å². The van der Waals surface area contributed by atoms with E-state index < -0.39 is 0 Å². The van der Waals surface area contributed by atoms with Crippen molar-refractivity contribution in [2.45, 2.75) is 19.1 Å². The van der Waals surface area contributed by atoms with Crippen LogP contribution in [0.1, 0.15) is 23.6 Å². The molecule has 1 heterocycles. The Morgan fingerprint density at radius 1 is 1.50 bits per heavy atom. The van der Waals surface area contributed by atoms with Gasteiger partial charge in [0.2, 0.25) is 0 Å². The highest BCUT2D eigenvalue weighted by molar-refractivity contribution is 5.26. The van der Waals surface area contributed by atoms with E-state index in [-0.39, 0.29) is 6.67 Å². The summed E-state index contributed by atoms with van der Waals surface area (Å²) in [6.07, 6.45) is 1.09. The summed E-state index contributed by atoms with van der Waals surface area (Å²) in [7, 11) is 2.11. The average Bonchev–Trinajstić information content (AvgIpc) is 2.71. The summed E-state index contributed by atoms with van der Waals surface area (Å²) < 4.78 is 12.6. The van der Waals surface area contributed by atoms with Gasteiger partial charge in [0, 0.05) is 12.6 Å². The van der Waals surface area contributed by atoms with Crippen molar-refractivity contribution in [1.29, 1.82) is 0 Å². The van der Waals surface area contributed by atoms with E-state index >= 15 is 0 Å². The van der Waals surface area contributed by atoms with Crippen molar-refractivity contribution in [2.75, 3.05) is 20.1 Å². The normalized spacial score (nSPS) is 26.2. The van der Waals surface area contributed by atoms with Gasteiger partial charge in [-0.3, -0.25) is 4.90 Å². The lowest BCUT2D eigenvalue weighted by Gasteiger charge is -2.19. The lowest BCUT2D eigenvalue weighted by molar-refractivity contribution is 0.313. The maximum Gasteiger partial charge on any atom is 0.115 e. The molecule has 0 amide bonds. The van der Waals surface area contributed by atoms with E-state index in [4.69, 9.17) is 5.73 Å². The topological polar surface area (TPSA) is 29.3 Å². The molecule has 88 valence electrons. The van der Waals surface area contributed by atoms with Crippen LogP contribution >= 0.6 is 0 Å². The molecular formula is C13H19FN2. The predicted molar refractivity (Wildman–Crippen MR) is 63.8 cm³/mol. The van der Waals surface area contributed by atoms with Gasteiger partial charge in [-0.25, -0.2) is 4.39 Å². The second-order valence-corrected chi connectivity index (χ2v) is 4.67. The summed E-state index contributed by atoms with van der Waals surface area (Å²) in [6, 6.07) is 8.23. The highest BCUT2D eigenvalue weighted by Crippen LogP contribution is 2.33. The SMILES string of the molecule is CN1CC(CN)CC1c1cccc(CF)c1. The fraction of sp³-hybridized carbons (Fsp3) is 0.538. The fourth-order valence-corrected chi connectivity index (χ4v) is 2.55. The van der Waals surface area contributed by atoms with Crippen LogP contribution in [0.15, 0.2) is 24.3 Å². The maximum absolute atomic E-state index is 12.6. The van der Waals surface area contributed by atoms with E-state index in [1.165, 1.54) is 5.56 Å². The first-order valence-electron chi connectivity index (χ1n) is 5.79. The molecule has 1 aliphatic heterocycles. The van der Waals surface area contributed by atoms with Crippen molar-refractivity contribution in [1.82, 2.24) is 4.90 Å². The number of rotatable bonds is 3. The summed E-state index contributed by atoms with van der Waals surface area (Å²) in [5.41, 5.74) is 7.69. The number of halogens is 1. The monoisotopic (exact) mass is 222 g/mol. The van der Waals surface area contributed by atoms with Crippen molar-refractivity contribution in [2.24, 2.45) is 11.7 Å². The van der Waals surface area contributed by atoms with Crippen molar-refractivity contribution < 1.29 is 4.39 Å². The Bertz CT molecular complexity index is 354. The minimum Gasteiger partial charge on any atom is -0.330 e. The third kappa shape index (κ3) is 2.25. The zero-order valence-electron chi connectivity index (χ0n) is 9.70. The number of hydrogen-bond acceptors (Lipinski definition) is 2. The second kappa shape index (κ2) is 4.93. The van der Waals surface area contributed by atoms with Gasteiger partial charge >= 0.3 is 0 Å². The minimum atomic E-state index is -0.384. The van der Waals surface area contributed by atoms with Crippen LogP contribution in [0.25, 0.3) is 0 Å². The van der Waals surface area contributed by atoms with Crippen LogP contribution in [-0.4, -0.2) is 25.0 Å². The minimum absolute atomic E-state index is 0.384. The van der Waals surface area contributed by atoms with Crippen LogP contribution in [0, 0.1) is 5.92 Å². The predicted octanol–water partition coefficient (Wildman–Crippen LogP) is 2.11. The first-order valence-corrected chi connectivity index (χ1v) is 5.79. The number of hydrogen-bond donors (Lipinski definition) is 1. The number of nitrogens with two attached hydrogens (primary N) is 1. The lowest BCUT2D eigenvalue weighted by Crippen LogP contribution is -2.20. The summed E-state index contributed by atoms with van der Waals surface area (Å²) in [6.45, 7) is 1.40. The largest absolute Gasteiger partial charge is 0.330 e. The molecule has 2 atom stereocenters. The van der Waals surface area contributed by atoms with E-state index in [2.05, 4.69) is 18.0 Å². The van der Waals surface area contributed by atoms with Crippen molar-refractivity contribution >= 4 is 0 Å². The molecule has 0 bridgehead atoms. The van der Waals surface area contributed by atoms with Crippen LogP contribution in [-0.2, 0) is 6.67 Å². The van der Waals surface area contributed by atoms with Gasteiger partial charge in [-0.1, -0.05) is 24.3 Å². The number of nitrogens with zero attached hydrogens (tertiary/aromatic N) is 1. The van der Waals surface area contributed by atoms with E-state index in [1.54, 1.807) is 0 Å². The van der Waals surface area contributed by atoms with E-state index in [9.17, 15) is 4.39 Å². The highest BCUT2D eigenvalue weighted by Gasteiger charge is 2.29. The van der Waals surface area contributed by atoms with Gasteiger partial charge in [-0.2, -0.15) is 0 Å². The summed E-state index contributed by atoms with van der Waals surface area (Å²) >= 11 is 0. The Morgan fingerprint density at radius 3 is 2.94 bits per heavy atom. The van der Waals surface area contributed by atoms with Gasteiger partial charge in [0.15, 0.2) is 0 Å². The van der Waals surface area contributed by atoms with Gasteiger partial charge in [0.1, 0.15) is 6.67 Å². The molecule has 3 heteroatoms. The standard InChI is InChI=1S/C13H19FN2/c1-16-9-11(8-15)6-13(16)12-4-2-3-10(5-12)7-14/h2-5,11,13H,6-9,15H2,1H3. The van der Waals surface area contributed by atoms with Crippen molar-refractivity contribution in [3.05, 3.63) is 35.4 Å². The van der Waals surface area contributed by atoms with Crippen LogP contribution in [0.5, 0.6) is 0 Å². The molecule has 1 fully saturated rings. The molecule has 2 rings (SSSR count). The molecular weight excluding hydrogens is 203 g/mol. The molecule has 0 saturated carbocycles. The number of likely N-dealkylation sites (tertiary alicyclic amines) is 1. The van der Waals surface area contributed by atoms with E-state index in [0.29, 0.717) is 12.0 Å². The number of benzene rings is 1. The molecule has 0 radical (unpaired) electrons. The first-order chi connectivity index (χ1) is 7.74. The summed E-state index contributed by atoms with van der Waals surface area (Å²) in [5, 5.41) is 0. The third-order valence-electron chi connectivity index (χ3n) is 3.46. The summed E-state index contributed by atoms with van der Waals surface area (Å²) in [5.74, 6) is 0.573. The van der Waals surface area contributed by atoms with Gasteiger partial charge < -0.3 is 5.73 Å². The van der Waals surface area contributed by atoms with Gasteiger partial charge in [-0.15, -0.1) is 0 Å². The van der Waals surface area contributed by atoms with Gasteiger partial charge in [-0.05, 0) is 37.1 Å². The van der Waals surface area contributed by atoms with Crippen LogP contribution in [0.4, 0.5) is 4.39 Å². The Hall–Kier alpha value is -0.930. The number of alkyl halides is 1. The Labute approximate surface area is 96.2 Å². The molecule has 0 spiro atoms. The molecule has 1 aromatic carbocycles.